The number of nitrogens with one attached hydrogen (secondary N) is 1. The van der Waals surface area contributed by atoms with Gasteiger partial charge in [-0.2, -0.15) is 0 Å². The molecule has 1 amide bonds. The standard InChI is InChI=1S/C19H19N5O3S/c25-15(22-13-5-2-1-3-6-13)12-28-19-23-17-16(20-8-9-21-17)18(26)24(19)11-14-7-4-10-27-14/h1-3,5-6,8-9,14H,4,7,10-12H2,(H,22,25)/t14-/m1/s1. The van der Waals surface area contributed by atoms with Crippen LogP contribution in [0.15, 0.2) is 52.7 Å². The van der Waals surface area contributed by atoms with Crippen LogP contribution in [0.4, 0.5) is 5.69 Å². The second kappa shape index (κ2) is 8.49. The third-order valence-electron chi connectivity index (χ3n) is 4.36. The first kappa shape index (κ1) is 18.6. The number of benzene rings is 1. The van der Waals surface area contributed by atoms with E-state index in [1.54, 1.807) is 4.57 Å². The minimum absolute atomic E-state index is 0.0360. The molecule has 0 unspecified atom stereocenters. The number of hydrogen-bond acceptors (Lipinski definition) is 7. The lowest BCUT2D eigenvalue weighted by atomic mass is 10.2. The fourth-order valence-electron chi connectivity index (χ4n) is 3.04. The molecule has 1 fully saturated rings. The van der Waals surface area contributed by atoms with E-state index in [2.05, 4.69) is 20.3 Å². The summed E-state index contributed by atoms with van der Waals surface area (Å²) < 4.78 is 7.22. The Morgan fingerprint density at radius 1 is 1.25 bits per heavy atom. The number of rotatable bonds is 6. The number of carbonyl (C=O) groups excluding carboxylic acids is 1. The van der Waals surface area contributed by atoms with Crippen LogP contribution in [0.3, 0.4) is 0 Å². The molecule has 3 aromatic rings. The third kappa shape index (κ3) is 4.20. The normalized spacial score (nSPS) is 16.4. The van der Waals surface area contributed by atoms with Crippen LogP contribution < -0.4 is 10.9 Å². The average Bonchev–Trinajstić information content (AvgIpc) is 3.23. The molecule has 0 spiro atoms. The van der Waals surface area contributed by atoms with Gasteiger partial charge in [-0.3, -0.25) is 14.2 Å². The van der Waals surface area contributed by atoms with Gasteiger partial charge in [-0.05, 0) is 25.0 Å². The summed E-state index contributed by atoms with van der Waals surface area (Å²) in [5.41, 5.74) is 0.961. The largest absolute Gasteiger partial charge is 0.376 e. The second-order valence-electron chi connectivity index (χ2n) is 6.38. The van der Waals surface area contributed by atoms with Gasteiger partial charge in [0.25, 0.3) is 5.56 Å². The molecule has 4 rings (SSSR count). The van der Waals surface area contributed by atoms with E-state index in [0.717, 1.165) is 18.5 Å². The maximum atomic E-state index is 12.9. The van der Waals surface area contributed by atoms with Crippen molar-refractivity contribution in [3.63, 3.8) is 0 Å². The van der Waals surface area contributed by atoms with Crippen molar-refractivity contribution in [1.29, 1.82) is 0 Å². The van der Waals surface area contributed by atoms with Crippen LogP contribution in [0.2, 0.25) is 0 Å². The Balaban J connectivity index is 1.57. The average molecular weight is 397 g/mol. The topological polar surface area (TPSA) is 99.0 Å². The zero-order chi connectivity index (χ0) is 19.3. The minimum Gasteiger partial charge on any atom is -0.376 e. The fourth-order valence-corrected chi connectivity index (χ4v) is 3.84. The Labute approximate surface area is 165 Å². The number of nitrogens with zero attached hydrogens (tertiary/aromatic N) is 4. The Morgan fingerprint density at radius 3 is 2.86 bits per heavy atom. The number of carbonyl (C=O) groups is 1. The van der Waals surface area contributed by atoms with Gasteiger partial charge in [0.15, 0.2) is 16.3 Å². The summed E-state index contributed by atoms with van der Waals surface area (Å²) in [4.78, 5) is 37.9. The number of amides is 1. The van der Waals surface area contributed by atoms with E-state index in [1.165, 1.54) is 24.2 Å². The van der Waals surface area contributed by atoms with Crippen LogP contribution in [-0.4, -0.2) is 43.9 Å². The number of fused-ring (bicyclic) bond motifs is 1. The first-order chi connectivity index (χ1) is 13.7. The first-order valence-electron chi connectivity index (χ1n) is 9.01. The molecule has 144 valence electrons. The fraction of sp³-hybridized carbons (Fsp3) is 0.316. The van der Waals surface area contributed by atoms with E-state index >= 15 is 0 Å². The Kier molecular flexibility index (Phi) is 5.63. The van der Waals surface area contributed by atoms with E-state index in [4.69, 9.17) is 4.74 Å². The quantitative estimate of drug-likeness (QED) is 0.502. The maximum Gasteiger partial charge on any atom is 0.282 e. The summed E-state index contributed by atoms with van der Waals surface area (Å²) in [5.74, 6) is -0.0492. The predicted molar refractivity (Wildman–Crippen MR) is 106 cm³/mol. The summed E-state index contributed by atoms with van der Waals surface area (Å²) in [6, 6.07) is 9.23. The molecular weight excluding hydrogens is 378 g/mol. The molecule has 8 nitrogen and oxygen atoms in total. The van der Waals surface area contributed by atoms with Crippen molar-refractivity contribution < 1.29 is 9.53 Å². The zero-order valence-corrected chi connectivity index (χ0v) is 15.9. The Bertz CT molecular complexity index is 1030. The molecule has 1 aliphatic heterocycles. The smallest absolute Gasteiger partial charge is 0.282 e. The lowest BCUT2D eigenvalue weighted by Gasteiger charge is -2.15. The molecule has 1 saturated heterocycles. The highest BCUT2D eigenvalue weighted by molar-refractivity contribution is 7.99. The van der Waals surface area contributed by atoms with Crippen molar-refractivity contribution in [3.8, 4) is 0 Å². The van der Waals surface area contributed by atoms with E-state index < -0.39 is 0 Å². The number of thioether (sulfide) groups is 1. The van der Waals surface area contributed by atoms with Gasteiger partial charge in [0, 0.05) is 24.7 Å². The SMILES string of the molecule is O=C(CSc1nc2nccnc2c(=O)n1C[C@H]1CCCO1)Nc1ccccc1. The van der Waals surface area contributed by atoms with Crippen molar-refractivity contribution in [2.24, 2.45) is 0 Å². The van der Waals surface area contributed by atoms with Crippen LogP contribution in [-0.2, 0) is 16.1 Å². The van der Waals surface area contributed by atoms with E-state index in [-0.39, 0.29) is 34.5 Å². The molecular formula is C19H19N5O3S. The van der Waals surface area contributed by atoms with E-state index in [0.29, 0.717) is 18.3 Å². The van der Waals surface area contributed by atoms with Gasteiger partial charge in [-0.1, -0.05) is 30.0 Å². The van der Waals surface area contributed by atoms with Gasteiger partial charge in [-0.15, -0.1) is 0 Å². The summed E-state index contributed by atoms with van der Waals surface area (Å²) >= 11 is 1.20. The molecule has 1 aliphatic rings. The third-order valence-corrected chi connectivity index (χ3v) is 5.34. The molecule has 1 atom stereocenters. The highest BCUT2D eigenvalue weighted by atomic mass is 32.2. The molecule has 0 aliphatic carbocycles. The van der Waals surface area contributed by atoms with Crippen LogP contribution in [0.1, 0.15) is 12.8 Å². The van der Waals surface area contributed by atoms with Crippen molar-refractivity contribution in [3.05, 3.63) is 53.1 Å². The first-order valence-corrected chi connectivity index (χ1v) is 10.00. The van der Waals surface area contributed by atoms with Gasteiger partial charge in [0.05, 0.1) is 18.4 Å². The van der Waals surface area contributed by atoms with Crippen molar-refractivity contribution in [2.75, 3.05) is 17.7 Å². The van der Waals surface area contributed by atoms with E-state index in [9.17, 15) is 9.59 Å². The predicted octanol–water partition coefficient (Wildman–Crippen LogP) is 2.10. The van der Waals surface area contributed by atoms with Crippen LogP contribution in [0, 0.1) is 0 Å². The molecule has 1 N–H and O–H groups in total. The maximum absolute atomic E-state index is 12.9. The summed E-state index contributed by atoms with van der Waals surface area (Å²) in [6.07, 6.45) is 4.80. The molecule has 28 heavy (non-hydrogen) atoms. The highest BCUT2D eigenvalue weighted by Gasteiger charge is 2.21. The number of hydrogen-bond donors (Lipinski definition) is 1. The van der Waals surface area contributed by atoms with Crippen molar-refractivity contribution in [2.45, 2.75) is 30.6 Å². The molecule has 0 saturated carbocycles. The monoisotopic (exact) mass is 397 g/mol. The molecule has 0 radical (unpaired) electrons. The van der Waals surface area contributed by atoms with Gasteiger partial charge in [0.1, 0.15) is 0 Å². The lowest BCUT2D eigenvalue weighted by Crippen LogP contribution is -2.30. The van der Waals surface area contributed by atoms with E-state index in [1.807, 2.05) is 30.3 Å². The second-order valence-corrected chi connectivity index (χ2v) is 7.32. The molecule has 1 aromatic carbocycles. The Hall–Kier alpha value is -2.78. The molecule has 0 bridgehead atoms. The molecule has 3 heterocycles. The minimum atomic E-state index is -0.264. The van der Waals surface area contributed by atoms with Crippen molar-refractivity contribution in [1.82, 2.24) is 19.5 Å². The number of ether oxygens (including phenoxy) is 1. The summed E-state index contributed by atoms with van der Waals surface area (Å²) in [5, 5.41) is 3.27. The lowest BCUT2D eigenvalue weighted by molar-refractivity contribution is -0.113. The number of anilines is 1. The van der Waals surface area contributed by atoms with Gasteiger partial charge < -0.3 is 10.1 Å². The van der Waals surface area contributed by atoms with Crippen LogP contribution >= 0.6 is 11.8 Å². The zero-order valence-electron chi connectivity index (χ0n) is 15.1. The summed E-state index contributed by atoms with van der Waals surface area (Å²) in [6.45, 7) is 1.09. The van der Waals surface area contributed by atoms with Crippen LogP contribution in [0.25, 0.3) is 11.2 Å². The molecule has 2 aromatic heterocycles. The number of aromatic nitrogens is 4. The highest BCUT2D eigenvalue weighted by Crippen LogP contribution is 2.20. The van der Waals surface area contributed by atoms with Gasteiger partial charge >= 0.3 is 0 Å². The van der Waals surface area contributed by atoms with Crippen molar-refractivity contribution >= 4 is 34.5 Å². The number of para-hydroxylation sites is 1. The van der Waals surface area contributed by atoms with Crippen LogP contribution in [0.5, 0.6) is 0 Å². The van der Waals surface area contributed by atoms with Gasteiger partial charge in [0.2, 0.25) is 5.91 Å². The molecule has 9 heteroatoms. The Morgan fingerprint density at radius 2 is 2.07 bits per heavy atom. The van der Waals surface area contributed by atoms with Gasteiger partial charge in [-0.25, -0.2) is 15.0 Å². The summed E-state index contributed by atoms with van der Waals surface area (Å²) in [7, 11) is 0.